The van der Waals surface area contributed by atoms with Crippen molar-refractivity contribution in [2.75, 3.05) is 0 Å². The number of amides is 2. The molecule has 0 saturated heterocycles. The highest BCUT2D eigenvalue weighted by molar-refractivity contribution is 5.98. The van der Waals surface area contributed by atoms with E-state index in [1.807, 2.05) is 0 Å². The van der Waals surface area contributed by atoms with Gasteiger partial charge in [0.25, 0.3) is 0 Å². The SMILES string of the molecule is CC(C(=O)O)C(NC(=O)C(F)(F)F)C(=O)OC(=O)C(NC(=O)C(F)(F)F)C(C)C(=O)O. The molecule has 0 spiro atoms. The highest BCUT2D eigenvalue weighted by Crippen LogP contribution is 2.18. The molecule has 0 aliphatic heterocycles. The molecule has 0 fully saturated rings. The minimum atomic E-state index is -5.60. The number of carbonyl (C=O) groups excluding carboxylic acids is 4. The van der Waals surface area contributed by atoms with E-state index in [-0.39, 0.29) is 0 Å². The molecule has 0 aromatic heterocycles. The van der Waals surface area contributed by atoms with Gasteiger partial charge in [-0.2, -0.15) is 26.3 Å². The fourth-order valence-corrected chi connectivity index (χ4v) is 1.73. The molecule has 4 atom stereocenters. The maximum absolute atomic E-state index is 12.4. The molecule has 0 aliphatic carbocycles. The van der Waals surface area contributed by atoms with Crippen molar-refractivity contribution in [3.05, 3.63) is 0 Å². The van der Waals surface area contributed by atoms with Gasteiger partial charge in [0.15, 0.2) is 0 Å². The molecular formula is C14H14F6N2O9. The number of rotatable bonds is 8. The molecule has 2 amide bonds. The second-order valence-electron chi connectivity index (χ2n) is 5.89. The van der Waals surface area contributed by atoms with Crippen LogP contribution in [0, 0.1) is 11.8 Å². The third kappa shape index (κ3) is 8.09. The van der Waals surface area contributed by atoms with Gasteiger partial charge in [-0.3, -0.25) is 19.2 Å². The van der Waals surface area contributed by atoms with Gasteiger partial charge in [-0.05, 0) is 13.8 Å². The second kappa shape index (κ2) is 10.1. The first kappa shape index (κ1) is 27.6. The summed E-state index contributed by atoms with van der Waals surface area (Å²) in [4.78, 5) is 67.9. The third-order valence-electron chi connectivity index (χ3n) is 3.58. The molecule has 0 radical (unpaired) electrons. The summed E-state index contributed by atoms with van der Waals surface area (Å²) in [5.74, 6) is -18.1. The van der Waals surface area contributed by atoms with Crippen LogP contribution >= 0.6 is 0 Å². The van der Waals surface area contributed by atoms with Crippen LogP contribution in [0.15, 0.2) is 0 Å². The predicted octanol–water partition coefficient (Wildman–Crippen LogP) is -0.408. The number of hydrogen-bond acceptors (Lipinski definition) is 7. The maximum Gasteiger partial charge on any atom is 0.471 e. The Labute approximate surface area is 167 Å². The second-order valence-corrected chi connectivity index (χ2v) is 5.89. The number of esters is 2. The molecule has 17 heteroatoms. The molecule has 11 nitrogen and oxygen atoms in total. The molecule has 0 rings (SSSR count). The fourth-order valence-electron chi connectivity index (χ4n) is 1.73. The number of aliphatic carboxylic acids is 2. The Morgan fingerprint density at radius 3 is 1.13 bits per heavy atom. The zero-order valence-electron chi connectivity index (χ0n) is 15.3. The van der Waals surface area contributed by atoms with Crippen molar-refractivity contribution < 1.29 is 70.1 Å². The van der Waals surface area contributed by atoms with Crippen LogP contribution in [-0.2, 0) is 33.5 Å². The van der Waals surface area contributed by atoms with Gasteiger partial charge in [-0.25, -0.2) is 9.59 Å². The number of hydrogen-bond donors (Lipinski definition) is 4. The number of alkyl halides is 6. The van der Waals surface area contributed by atoms with E-state index >= 15 is 0 Å². The fraction of sp³-hybridized carbons (Fsp3) is 0.571. The normalized spacial score (nSPS) is 15.6. The van der Waals surface area contributed by atoms with Crippen LogP contribution < -0.4 is 10.6 Å². The molecule has 176 valence electrons. The first-order chi connectivity index (χ1) is 13.8. The van der Waals surface area contributed by atoms with Crippen molar-refractivity contribution >= 4 is 35.7 Å². The lowest BCUT2D eigenvalue weighted by Crippen LogP contribution is -2.55. The third-order valence-corrected chi connectivity index (χ3v) is 3.58. The Bertz CT molecular complexity index is 702. The quantitative estimate of drug-likeness (QED) is 0.210. The summed E-state index contributed by atoms with van der Waals surface area (Å²) in [6.07, 6.45) is -11.2. The zero-order valence-corrected chi connectivity index (χ0v) is 15.3. The molecule has 0 aliphatic rings. The average Bonchev–Trinajstić information content (AvgIpc) is 2.60. The molecule has 31 heavy (non-hydrogen) atoms. The number of halogens is 6. The van der Waals surface area contributed by atoms with Gasteiger partial charge in [-0.15, -0.1) is 0 Å². The lowest BCUT2D eigenvalue weighted by molar-refractivity contribution is -0.181. The number of nitrogens with one attached hydrogen (secondary N) is 2. The van der Waals surface area contributed by atoms with Gasteiger partial charge in [0.05, 0.1) is 11.8 Å². The zero-order chi connectivity index (χ0) is 24.9. The lowest BCUT2D eigenvalue weighted by atomic mass is 10.0. The summed E-state index contributed by atoms with van der Waals surface area (Å²) >= 11 is 0. The Kier molecular flexibility index (Phi) is 8.97. The summed E-state index contributed by atoms with van der Waals surface area (Å²) in [6, 6.07) is -5.32. The highest BCUT2D eigenvalue weighted by atomic mass is 19.4. The summed E-state index contributed by atoms with van der Waals surface area (Å²) in [6.45, 7) is 1.25. The minimum absolute atomic E-state index is 0.623. The van der Waals surface area contributed by atoms with Crippen molar-refractivity contribution in [1.82, 2.24) is 10.6 Å². The van der Waals surface area contributed by atoms with E-state index in [0.29, 0.717) is 13.8 Å². The van der Waals surface area contributed by atoms with Crippen LogP contribution in [0.3, 0.4) is 0 Å². The number of carboxylic acids is 2. The molecule has 4 unspecified atom stereocenters. The molecule has 0 heterocycles. The molecular weight excluding hydrogens is 454 g/mol. The summed E-state index contributed by atoms with van der Waals surface area (Å²) in [7, 11) is 0. The number of ether oxygens (including phenoxy) is 1. The van der Waals surface area contributed by atoms with Gasteiger partial charge >= 0.3 is 48.0 Å². The van der Waals surface area contributed by atoms with Crippen LogP contribution in [0.1, 0.15) is 13.8 Å². The van der Waals surface area contributed by atoms with Gasteiger partial charge < -0.3 is 25.6 Å². The Balaban J connectivity index is 5.79. The van der Waals surface area contributed by atoms with Crippen LogP contribution in [0.4, 0.5) is 26.3 Å². The van der Waals surface area contributed by atoms with Crippen molar-refractivity contribution in [2.24, 2.45) is 11.8 Å². The van der Waals surface area contributed by atoms with Crippen LogP contribution in [0.25, 0.3) is 0 Å². The standard InChI is InChI=1S/C14H14F6N2O9/c1-3(7(23)24)5(21-11(29)13(15,16)17)9(27)31-10(28)6(4(2)8(25)26)22-12(30)14(18,19)20/h3-6H,1-2H3,(H,21,29)(H,22,30)(H,23,24)(H,25,26). The van der Waals surface area contributed by atoms with Crippen molar-refractivity contribution in [3.63, 3.8) is 0 Å². The topological polar surface area (TPSA) is 176 Å². The van der Waals surface area contributed by atoms with Crippen LogP contribution in [0.5, 0.6) is 0 Å². The lowest BCUT2D eigenvalue weighted by Gasteiger charge is -2.24. The van der Waals surface area contributed by atoms with E-state index in [9.17, 15) is 55.1 Å². The predicted molar refractivity (Wildman–Crippen MR) is 80.7 cm³/mol. The molecule has 0 bridgehead atoms. The first-order valence-electron chi connectivity index (χ1n) is 7.77. The molecule has 4 N–H and O–H groups in total. The van der Waals surface area contributed by atoms with E-state index in [1.165, 1.54) is 0 Å². The van der Waals surface area contributed by atoms with Crippen LogP contribution in [-0.4, -0.2) is 70.3 Å². The summed E-state index contributed by atoms with van der Waals surface area (Å²) in [5, 5.41) is 19.6. The maximum atomic E-state index is 12.4. The van der Waals surface area contributed by atoms with E-state index in [0.717, 1.165) is 10.6 Å². The Morgan fingerprint density at radius 2 is 0.935 bits per heavy atom. The van der Waals surface area contributed by atoms with E-state index < -0.39 is 72.0 Å². The van der Waals surface area contributed by atoms with Gasteiger partial charge in [0.2, 0.25) is 0 Å². The number of carboxylic acid groups (broad SMARTS) is 2. The first-order valence-corrected chi connectivity index (χ1v) is 7.77. The Morgan fingerprint density at radius 1 is 0.677 bits per heavy atom. The highest BCUT2D eigenvalue weighted by Gasteiger charge is 2.46. The van der Waals surface area contributed by atoms with Crippen molar-refractivity contribution in [3.8, 4) is 0 Å². The molecule has 0 aromatic rings. The summed E-state index contributed by atoms with van der Waals surface area (Å²) < 4.78 is 78.3. The summed E-state index contributed by atoms with van der Waals surface area (Å²) in [5.41, 5.74) is 0. The number of carbonyl (C=O) groups is 6. The molecule has 0 saturated carbocycles. The van der Waals surface area contributed by atoms with Crippen molar-refractivity contribution in [1.29, 1.82) is 0 Å². The van der Waals surface area contributed by atoms with Gasteiger partial charge in [-0.1, -0.05) is 0 Å². The van der Waals surface area contributed by atoms with E-state index in [4.69, 9.17) is 10.2 Å². The van der Waals surface area contributed by atoms with E-state index in [2.05, 4.69) is 4.74 Å². The average molecular weight is 468 g/mol. The monoisotopic (exact) mass is 468 g/mol. The largest absolute Gasteiger partial charge is 0.481 e. The van der Waals surface area contributed by atoms with Crippen LogP contribution in [0.2, 0.25) is 0 Å². The molecule has 0 aromatic carbocycles. The van der Waals surface area contributed by atoms with E-state index in [1.54, 1.807) is 0 Å². The van der Waals surface area contributed by atoms with Gasteiger partial charge in [0.1, 0.15) is 12.1 Å². The minimum Gasteiger partial charge on any atom is -0.481 e. The van der Waals surface area contributed by atoms with Crippen molar-refractivity contribution in [2.45, 2.75) is 38.3 Å². The smallest absolute Gasteiger partial charge is 0.471 e. The van der Waals surface area contributed by atoms with Gasteiger partial charge in [0, 0.05) is 0 Å². The Hall–Kier alpha value is -3.40.